The SMILES string of the molecule is [2H]c1c([2H])c([2H])c(-c2ccc3oc(-c4c([2H])c([2H])c(-c5c([2H])c([2H])c([2H])c([2H])c5[2H])c([2H])c4[2H])c(-c4c5c([2H])c([2H])c([2H])c([2H])c5c(-c5ccccc5)c5c([2H])c([2H])c([2H])c([2H])c45)c3c2)c([2H])c1[2H]. The van der Waals surface area contributed by atoms with Gasteiger partial charge in [0.1, 0.15) is 11.3 Å². The van der Waals surface area contributed by atoms with Crippen molar-refractivity contribution in [3.8, 4) is 55.8 Å². The van der Waals surface area contributed by atoms with E-state index in [-0.39, 0.29) is 65.9 Å². The second kappa shape index (κ2) is 11.3. The quantitative estimate of drug-likeness (QED) is 0.174. The van der Waals surface area contributed by atoms with Gasteiger partial charge >= 0.3 is 0 Å². The first-order chi connectivity index (χ1) is 32.5. The Hall–Kier alpha value is -6.18. The molecule has 0 aliphatic carbocycles. The lowest BCUT2D eigenvalue weighted by Gasteiger charge is -2.18. The lowest BCUT2D eigenvalue weighted by atomic mass is 9.84. The zero-order valence-electron chi connectivity index (χ0n) is 46.0. The molecule has 0 saturated heterocycles. The minimum absolute atomic E-state index is 0.00950. The molecule has 0 aliphatic rings. The average Bonchev–Trinajstić information content (AvgIpc) is 3.71. The Kier molecular flexibility index (Phi) is 3.11. The van der Waals surface area contributed by atoms with Gasteiger partial charge in [-0.2, -0.15) is 0 Å². The summed E-state index contributed by atoms with van der Waals surface area (Å²) in [7, 11) is 0. The molecule has 8 aromatic carbocycles. The normalized spacial score (nSPS) is 18.0. The summed E-state index contributed by atoms with van der Waals surface area (Å²) in [5, 5.41) is -1.22. The van der Waals surface area contributed by atoms with E-state index in [1.807, 2.05) is 0 Å². The maximum atomic E-state index is 9.54. The number of rotatable bonds is 5. The number of benzene rings is 8. The fourth-order valence-corrected chi connectivity index (χ4v) is 5.77. The van der Waals surface area contributed by atoms with Crippen LogP contribution in [-0.4, -0.2) is 0 Å². The molecule has 0 bridgehead atoms. The first kappa shape index (κ1) is 12.9. The maximum absolute atomic E-state index is 9.54. The summed E-state index contributed by atoms with van der Waals surface area (Å²) >= 11 is 0. The molecular formula is C46H30O. The molecule has 1 aromatic heterocycles. The zero-order valence-corrected chi connectivity index (χ0v) is 24.0. The zero-order chi connectivity index (χ0) is 50.3. The van der Waals surface area contributed by atoms with E-state index in [2.05, 4.69) is 0 Å². The Morgan fingerprint density at radius 3 is 1.43 bits per heavy atom. The van der Waals surface area contributed by atoms with Crippen molar-refractivity contribution < 1.29 is 34.6 Å². The number of furan rings is 1. The van der Waals surface area contributed by atoms with E-state index in [0.29, 0.717) is 0 Å². The van der Waals surface area contributed by atoms with Crippen LogP contribution in [0.1, 0.15) is 30.2 Å². The Labute approximate surface area is 304 Å². The molecule has 0 fully saturated rings. The predicted octanol–water partition coefficient (Wildman–Crippen LogP) is 13.1. The van der Waals surface area contributed by atoms with Crippen molar-refractivity contribution in [2.45, 2.75) is 0 Å². The third-order valence-electron chi connectivity index (χ3n) is 7.77. The van der Waals surface area contributed by atoms with Gasteiger partial charge in [-0.25, -0.2) is 0 Å². The van der Waals surface area contributed by atoms with Crippen molar-refractivity contribution in [2.75, 3.05) is 0 Å². The Morgan fingerprint density at radius 2 is 0.830 bits per heavy atom. The Morgan fingerprint density at radius 1 is 0.340 bits per heavy atom. The molecule has 47 heavy (non-hydrogen) atoms. The molecule has 0 N–H and O–H groups in total. The Bertz CT molecular complexity index is 3640. The molecule has 9 rings (SSSR count). The van der Waals surface area contributed by atoms with Gasteiger partial charge in [0.15, 0.2) is 0 Å². The highest BCUT2D eigenvalue weighted by molar-refractivity contribution is 6.25. The van der Waals surface area contributed by atoms with Crippen LogP contribution < -0.4 is 0 Å². The molecule has 0 aliphatic heterocycles. The number of hydrogen-bond donors (Lipinski definition) is 0. The van der Waals surface area contributed by atoms with Crippen LogP contribution in [0, 0.1) is 0 Å². The van der Waals surface area contributed by atoms with Gasteiger partial charge in [0, 0.05) is 22.1 Å². The van der Waals surface area contributed by atoms with Gasteiger partial charge in [-0.15, -0.1) is 0 Å². The summed E-state index contributed by atoms with van der Waals surface area (Å²) in [5.74, 6) is -0.553. The van der Waals surface area contributed by atoms with Crippen molar-refractivity contribution >= 4 is 32.5 Å². The van der Waals surface area contributed by atoms with Gasteiger partial charge in [-0.05, 0) is 67.1 Å². The highest BCUT2D eigenvalue weighted by Gasteiger charge is 2.24. The fourth-order valence-electron chi connectivity index (χ4n) is 5.77. The van der Waals surface area contributed by atoms with Crippen LogP contribution in [0.2, 0.25) is 0 Å². The van der Waals surface area contributed by atoms with Crippen LogP contribution >= 0.6 is 0 Å². The van der Waals surface area contributed by atoms with Crippen molar-refractivity contribution in [1.29, 1.82) is 0 Å². The first-order valence-corrected chi connectivity index (χ1v) is 14.3. The molecule has 1 nitrogen and oxygen atoms in total. The molecule has 1 heteroatoms. The average molecular weight is 621 g/mol. The van der Waals surface area contributed by atoms with Crippen molar-refractivity contribution in [2.24, 2.45) is 0 Å². The van der Waals surface area contributed by atoms with Crippen LogP contribution in [-0.2, 0) is 0 Å². The molecule has 0 spiro atoms. The largest absolute Gasteiger partial charge is 0.455 e. The second-order valence-electron chi connectivity index (χ2n) is 10.4. The number of hydrogen-bond acceptors (Lipinski definition) is 1. The number of fused-ring (bicyclic) bond motifs is 3. The predicted molar refractivity (Wildman–Crippen MR) is 198 cm³/mol. The lowest BCUT2D eigenvalue weighted by Crippen LogP contribution is -1.91. The second-order valence-corrected chi connectivity index (χ2v) is 10.4. The standard InChI is InChI=1S/C46H30O/c1-4-14-31(15-5-1)33-24-26-35(27-25-33)46-45(41-30-36(28-29-42(41)47-46)32-16-6-2-7-17-32)44-39-22-12-10-20-37(39)43(34-18-8-3-9-19-34)38-21-11-13-23-40(38)44/h1-30H/i1D,2D,4D,5D,6D,7D,10D,11D,12D,13D,14D,15D,16D,17D,20D,21D,22D,23D,24D,25D,26D,27D. The molecular weight excluding hydrogens is 569 g/mol. The fraction of sp³-hybridized carbons (Fsp3) is 0. The summed E-state index contributed by atoms with van der Waals surface area (Å²) < 4.78 is 202. The molecule has 0 unspecified atom stereocenters. The smallest absolute Gasteiger partial charge is 0.143 e. The third kappa shape index (κ3) is 4.64. The highest BCUT2D eigenvalue weighted by atomic mass is 16.3. The Balaban J connectivity index is 1.58. The van der Waals surface area contributed by atoms with Crippen molar-refractivity contribution in [3.05, 3.63) is 181 Å². The van der Waals surface area contributed by atoms with Crippen molar-refractivity contribution in [3.63, 3.8) is 0 Å². The molecule has 220 valence electrons. The van der Waals surface area contributed by atoms with Gasteiger partial charge < -0.3 is 4.42 Å². The molecule has 0 atom stereocenters. The van der Waals surface area contributed by atoms with Gasteiger partial charge in [0.25, 0.3) is 0 Å². The van der Waals surface area contributed by atoms with Gasteiger partial charge in [-0.3, -0.25) is 0 Å². The minimum atomic E-state index is -0.895. The summed E-state index contributed by atoms with van der Waals surface area (Å²) in [4.78, 5) is 0. The lowest BCUT2D eigenvalue weighted by molar-refractivity contribution is 0.632. The summed E-state index contributed by atoms with van der Waals surface area (Å²) in [6.45, 7) is 0. The van der Waals surface area contributed by atoms with E-state index in [4.69, 9.17) is 23.6 Å². The van der Waals surface area contributed by atoms with Gasteiger partial charge in [0.05, 0.1) is 30.2 Å². The van der Waals surface area contributed by atoms with Gasteiger partial charge in [0.2, 0.25) is 0 Å². The summed E-state index contributed by atoms with van der Waals surface area (Å²) in [6, 6.07) is -4.42. The monoisotopic (exact) mass is 620 g/mol. The maximum Gasteiger partial charge on any atom is 0.143 e. The van der Waals surface area contributed by atoms with E-state index in [1.165, 1.54) is 18.2 Å². The third-order valence-corrected chi connectivity index (χ3v) is 7.77. The van der Waals surface area contributed by atoms with Crippen LogP contribution in [0.3, 0.4) is 0 Å². The van der Waals surface area contributed by atoms with E-state index < -0.39 is 155 Å². The van der Waals surface area contributed by atoms with Crippen molar-refractivity contribution in [1.82, 2.24) is 0 Å². The van der Waals surface area contributed by atoms with Crippen LogP contribution in [0.5, 0.6) is 0 Å². The van der Waals surface area contributed by atoms with E-state index >= 15 is 0 Å². The van der Waals surface area contributed by atoms with Gasteiger partial charge in [-0.1, -0.05) is 169 Å². The molecule has 0 amide bonds. The molecule has 9 aromatic rings. The van der Waals surface area contributed by atoms with Crippen LogP contribution in [0.15, 0.2) is 186 Å². The highest BCUT2D eigenvalue weighted by Crippen LogP contribution is 2.50. The first-order valence-electron chi connectivity index (χ1n) is 25.3. The van der Waals surface area contributed by atoms with E-state index in [9.17, 15) is 11.0 Å². The molecule has 0 radical (unpaired) electrons. The summed E-state index contributed by atoms with van der Waals surface area (Å²) in [6.07, 6.45) is 0. The van der Waals surface area contributed by atoms with Crippen LogP contribution in [0.4, 0.5) is 0 Å². The summed E-state index contributed by atoms with van der Waals surface area (Å²) in [5.41, 5.74) is -2.79. The minimum Gasteiger partial charge on any atom is -0.455 e. The van der Waals surface area contributed by atoms with E-state index in [1.54, 1.807) is 30.3 Å². The molecule has 1 heterocycles. The molecule has 0 saturated carbocycles. The van der Waals surface area contributed by atoms with E-state index in [0.717, 1.165) is 0 Å². The van der Waals surface area contributed by atoms with Crippen LogP contribution in [0.25, 0.3) is 88.3 Å². The topological polar surface area (TPSA) is 13.1 Å².